The number of thiophene rings is 1. The smallest absolute Gasteiger partial charge is 0.267 e. The van der Waals surface area contributed by atoms with E-state index < -0.39 is 0 Å². The van der Waals surface area contributed by atoms with Gasteiger partial charge in [0.25, 0.3) is 11.5 Å². The molecule has 170 valence electrons. The van der Waals surface area contributed by atoms with Crippen molar-refractivity contribution < 1.29 is 4.79 Å². The lowest BCUT2D eigenvalue weighted by atomic mass is 9.95. The first-order valence-electron chi connectivity index (χ1n) is 11.5. The number of hydrogen-bond donors (Lipinski definition) is 2. The molecule has 4 heterocycles. The average molecular weight is 462 g/mol. The van der Waals surface area contributed by atoms with E-state index in [1.165, 1.54) is 15.7 Å². The number of carbonyl (C=O) groups is 1. The standard InChI is InChI=1S/C25H27N5O2S/c1-16-7-5-12-30-22(16)28-23-20(25(30)32)15-19(24(31)27-17-8-3-2-4-9-17)21(26)29(23)13-11-18-10-6-14-33-18/h5-7,10,12,14-15,17,26H,2-4,8-9,11,13H2,1H3,(H,27,31). The third-order valence-electron chi connectivity index (χ3n) is 6.48. The maximum absolute atomic E-state index is 13.4. The fraction of sp³-hybridized carbons (Fsp3) is 0.360. The Hall–Kier alpha value is -3.26. The summed E-state index contributed by atoms with van der Waals surface area (Å²) in [6, 6.07) is 9.47. The molecule has 33 heavy (non-hydrogen) atoms. The first kappa shape index (κ1) is 21.6. The highest BCUT2D eigenvalue weighted by Gasteiger charge is 2.21. The van der Waals surface area contributed by atoms with Crippen molar-refractivity contribution in [3.8, 4) is 0 Å². The van der Waals surface area contributed by atoms with Gasteiger partial charge in [-0.2, -0.15) is 0 Å². The van der Waals surface area contributed by atoms with Gasteiger partial charge in [0.2, 0.25) is 0 Å². The zero-order valence-corrected chi connectivity index (χ0v) is 19.5. The Balaban J connectivity index is 1.67. The van der Waals surface area contributed by atoms with Crippen molar-refractivity contribution in [2.24, 2.45) is 0 Å². The summed E-state index contributed by atoms with van der Waals surface area (Å²) in [5.74, 6) is -0.285. The molecule has 0 aliphatic heterocycles. The van der Waals surface area contributed by atoms with Crippen LogP contribution in [0.15, 0.2) is 46.7 Å². The van der Waals surface area contributed by atoms with Gasteiger partial charge in [-0.15, -0.1) is 11.3 Å². The monoisotopic (exact) mass is 461 g/mol. The Morgan fingerprint density at radius 1 is 1.21 bits per heavy atom. The number of nitrogens with zero attached hydrogens (tertiary/aromatic N) is 3. The molecule has 1 aliphatic rings. The summed E-state index contributed by atoms with van der Waals surface area (Å²) in [4.78, 5) is 32.6. The molecule has 2 N–H and O–H groups in total. The lowest BCUT2D eigenvalue weighted by Gasteiger charge is -2.23. The van der Waals surface area contributed by atoms with Crippen molar-refractivity contribution in [2.45, 2.75) is 58.0 Å². The number of pyridine rings is 2. The van der Waals surface area contributed by atoms with Crippen LogP contribution in [0.4, 0.5) is 0 Å². The van der Waals surface area contributed by atoms with E-state index in [1.807, 2.05) is 30.5 Å². The fourth-order valence-electron chi connectivity index (χ4n) is 4.67. The van der Waals surface area contributed by atoms with E-state index in [0.29, 0.717) is 29.6 Å². The molecule has 4 aromatic heterocycles. The third kappa shape index (κ3) is 4.11. The third-order valence-corrected chi connectivity index (χ3v) is 7.42. The van der Waals surface area contributed by atoms with Crippen LogP contribution in [0.5, 0.6) is 0 Å². The molecule has 0 radical (unpaired) electrons. The molecule has 0 bridgehead atoms. The van der Waals surface area contributed by atoms with Crippen molar-refractivity contribution in [3.63, 3.8) is 0 Å². The number of aromatic nitrogens is 3. The van der Waals surface area contributed by atoms with Crippen LogP contribution in [0.2, 0.25) is 0 Å². The lowest BCUT2D eigenvalue weighted by Crippen LogP contribution is -2.40. The van der Waals surface area contributed by atoms with Gasteiger partial charge in [-0.1, -0.05) is 31.4 Å². The van der Waals surface area contributed by atoms with Crippen molar-refractivity contribution in [1.82, 2.24) is 19.3 Å². The molecule has 1 aliphatic carbocycles. The SMILES string of the molecule is Cc1cccn2c(=O)c3cc(C(=O)NC4CCCCC4)c(=N)n(CCc4cccs4)c3nc12. The number of nitrogens with one attached hydrogen (secondary N) is 2. The van der Waals surface area contributed by atoms with Crippen LogP contribution in [0.1, 0.15) is 52.9 Å². The van der Waals surface area contributed by atoms with Crippen molar-refractivity contribution in [3.05, 3.63) is 73.8 Å². The average Bonchev–Trinajstić information content (AvgIpc) is 3.33. The summed E-state index contributed by atoms with van der Waals surface area (Å²) in [6.45, 7) is 2.38. The Labute approximate surface area is 195 Å². The summed E-state index contributed by atoms with van der Waals surface area (Å²) in [5.41, 5.74) is 1.99. The molecule has 0 aromatic carbocycles. The van der Waals surface area contributed by atoms with Gasteiger partial charge in [0, 0.05) is 23.7 Å². The highest BCUT2D eigenvalue weighted by molar-refractivity contribution is 7.09. The lowest BCUT2D eigenvalue weighted by molar-refractivity contribution is 0.0925. The van der Waals surface area contributed by atoms with E-state index >= 15 is 0 Å². The minimum atomic E-state index is -0.285. The van der Waals surface area contributed by atoms with E-state index in [-0.39, 0.29) is 28.6 Å². The zero-order valence-electron chi connectivity index (χ0n) is 18.6. The molecule has 0 unspecified atom stereocenters. The molecular formula is C25H27N5O2S. The van der Waals surface area contributed by atoms with Crippen LogP contribution >= 0.6 is 11.3 Å². The second-order valence-electron chi connectivity index (χ2n) is 8.74. The molecule has 0 spiro atoms. The molecule has 1 amide bonds. The molecule has 0 atom stereocenters. The van der Waals surface area contributed by atoms with Gasteiger partial charge < -0.3 is 9.88 Å². The molecule has 4 aromatic rings. The van der Waals surface area contributed by atoms with E-state index in [2.05, 4.69) is 11.4 Å². The first-order chi connectivity index (χ1) is 16.0. The molecule has 0 saturated heterocycles. The summed E-state index contributed by atoms with van der Waals surface area (Å²) < 4.78 is 3.24. The quantitative estimate of drug-likeness (QED) is 0.443. The second kappa shape index (κ2) is 8.94. The maximum Gasteiger partial charge on any atom is 0.267 e. The topological polar surface area (TPSA) is 92.3 Å². The van der Waals surface area contributed by atoms with Crippen LogP contribution < -0.4 is 16.4 Å². The number of carbonyl (C=O) groups excluding carboxylic acids is 1. The number of rotatable bonds is 5. The second-order valence-corrected chi connectivity index (χ2v) is 9.77. The van der Waals surface area contributed by atoms with Gasteiger partial charge in [-0.25, -0.2) is 4.98 Å². The highest BCUT2D eigenvalue weighted by Crippen LogP contribution is 2.19. The maximum atomic E-state index is 13.4. The van der Waals surface area contributed by atoms with Crippen molar-refractivity contribution >= 4 is 33.9 Å². The highest BCUT2D eigenvalue weighted by atomic mass is 32.1. The molecule has 1 fully saturated rings. The number of amides is 1. The van der Waals surface area contributed by atoms with Crippen molar-refractivity contribution in [2.75, 3.05) is 0 Å². The van der Waals surface area contributed by atoms with Crippen LogP contribution in [0.3, 0.4) is 0 Å². The minimum Gasteiger partial charge on any atom is -0.349 e. The van der Waals surface area contributed by atoms with E-state index in [9.17, 15) is 9.59 Å². The van der Waals surface area contributed by atoms with E-state index in [4.69, 9.17) is 10.4 Å². The predicted molar refractivity (Wildman–Crippen MR) is 130 cm³/mol. The van der Waals surface area contributed by atoms with Crippen LogP contribution in [-0.4, -0.2) is 25.9 Å². The molecule has 5 rings (SSSR count). The van der Waals surface area contributed by atoms with Crippen molar-refractivity contribution in [1.29, 1.82) is 5.41 Å². The Morgan fingerprint density at radius 3 is 2.79 bits per heavy atom. The molecule has 8 heteroatoms. The van der Waals surface area contributed by atoms with Gasteiger partial charge in [0.15, 0.2) is 0 Å². The minimum absolute atomic E-state index is 0.0946. The van der Waals surface area contributed by atoms with Gasteiger partial charge in [-0.05, 0) is 55.3 Å². The molecule has 7 nitrogen and oxygen atoms in total. The van der Waals surface area contributed by atoms with Gasteiger partial charge in [0.1, 0.15) is 16.8 Å². The van der Waals surface area contributed by atoms with Crippen LogP contribution in [-0.2, 0) is 13.0 Å². The molecular weight excluding hydrogens is 434 g/mol. The number of hydrogen-bond acceptors (Lipinski definition) is 5. The van der Waals surface area contributed by atoms with Gasteiger partial charge in [0.05, 0.1) is 10.9 Å². The predicted octanol–water partition coefficient (Wildman–Crippen LogP) is 3.80. The van der Waals surface area contributed by atoms with Crippen LogP contribution in [0.25, 0.3) is 16.7 Å². The summed E-state index contributed by atoms with van der Waals surface area (Å²) in [5, 5.41) is 14.4. The van der Waals surface area contributed by atoms with Crippen LogP contribution in [0, 0.1) is 12.3 Å². The number of fused-ring (bicyclic) bond motifs is 2. The first-order valence-corrected chi connectivity index (χ1v) is 12.3. The van der Waals surface area contributed by atoms with E-state index in [0.717, 1.165) is 31.2 Å². The fourth-order valence-corrected chi connectivity index (χ4v) is 5.37. The van der Waals surface area contributed by atoms with Gasteiger partial charge >= 0.3 is 0 Å². The largest absolute Gasteiger partial charge is 0.349 e. The van der Waals surface area contributed by atoms with E-state index in [1.54, 1.807) is 28.2 Å². The summed E-state index contributed by atoms with van der Waals surface area (Å²) in [7, 11) is 0. The zero-order chi connectivity index (χ0) is 22.9. The summed E-state index contributed by atoms with van der Waals surface area (Å²) in [6.07, 6.45) is 7.72. The summed E-state index contributed by atoms with van der Waals surface area (Å²) >= 11 is 1.66. The Kier molecular flexibility index (Phi) is 5.85. The van der Waals surface area contributed by atoms with Gasteiger partial charge in [-0.3, -0.25) is 19.4 Å². The molecule has 1 saturated carbocycles. The normalized spacial score (nSPS) is 14.7. The Morgan fingerprint density at radius 2 is 2.03 bits per heavy atom. The Bertz CT molecular complexity index is 1450. The number of aryl methyl sites for hydroxylation is 3.